The first kappa shape index (κ1) is 18.7. The summed E-state index contributed by atoms with van der Waals surface area (Å²) in [5.41, 5.74) is 3.31. The third-order valence-corrected chi connectivity index (χ3v) is 5.31. The molecule has 28 heavy (non-hydrogen) atoms. The van der Waals surface area contributed by atoms with Crippen LogP contribution >= 0.6 is 23.2 Å². The van der Waals surface area contributed by atoms with Crippen molar-refractivity contribution in [2.75, 3.05) is 12.4 Å². The zero-order valence-corrected chi connectivity index (χ0v) is 17.0. The lowest BCUT2D eigenvalue weighted by atomic mass is 10.1. The molecule has 0 radical (unpaired) electrons. The molecule has 0 aliphatic rings. The Bertz CT molecular complexity index is 1190. The highest BCUT2D eigenvalue weighted by molar-refractivity contribution is 6.32. The van der Waals surface area contributed by atoms with Gasteiger partial charge in [-0.05, 0) is 42.8 Å². The van der Waals surface area contributed by atoms with Gasteiger partial charge in [-0.25, -0.2) is 4.98 Å². The van der Waals surface area contributed by atoms with Gasteiger partial charge in [0.15, 0.2) is 0 Å². The molecule has 0 spiro atoms. The third-order valence-electron chi connectivity index (χ3n) is 4.77. The quantitative estimate of drug-likeness (QED) is 0.429. The molecule has 2 N–H and O–H groups in total. The maximum Gasteiger partial charge on any atom is 0.202 e. The number of halogens is 2. The van der Waals surface area contributed by atoms with Gasteiger partial charge in [0, 0.05) is 29.7 Å². The molecule has 2 heterocycles. The van der Waals surface area contributed by atoms with Gasteiger partial charge in [-0.1, -0.05) is 29.3 Å². The zero-order valence-electron chi connectivity index (χ0n) is 15.5. The summed E-state index contributed by atoms with van der Waals surface area (Å²) in [5.74, 6) is 0.814. The Labute approximate surface area is 172 Å². The van der Waals surface area contributed by atoms with Crippen LogP contribution < -0.4 is 10.1 Å². The summed E-state index contributed by atoms with van der Waals surface area (Å²) in [4.78, 5) is 4.68. The molecule has 0 atom stereocenters. The van der Waals surface area contributed by atoms with Crippen LogP contribution in [0.15, 0.2) is 42.6 Å². The Morgan fingerprint density at radius 1 is 1.14 bits per heavy atom. The number of anilines is 1. The first-order chi connectivity index (χ1) is 13.5. The number of nitrogens with zero attached hydrogens (tertiary/aromatic N) is 2. The summed E-state index contributed by atoms with van der Waals surface area (Å²) in [6, 6.07) is 11.2. The Morgan fingerprint density at radius 2 is 1.96 bits per heavy atom. The molecule has 5 nitrogen and oxygen atoms in total. The summed E-state index contributed by atoms with van der Waals surface area (Å²) in [5, 5.41) is 16.9. The van der Waals surface area contributed by atoms with E-state index in [0.717, 1.165) is 27.7 Å². The van der Waals surface area contributed by atoms with Crippen LogP contribution in [-0.2, 0) is 13.1 Å². The molecule has 0 amide bonds. The van der Waals surface area contributed by atoms with E-state index in [1.807, 2.05) is 49.5 Å². The molecule has 0 fully saturated rings. The van der Waals surface area contributed by atoms with Crippen molar-refractivity contribution in [1.29, 1.82) is 0 Å². The van der Waals surface area contributed by atoms with Crippen LogP contribution in [0.3, 0.4) is 0 Å². The van der Waals surface area contributed by atoms with E-state index < -0.39 is 0 Å². The number of fused-ring (bicyclic) bond motifs is 2. The van der Waals surface area contributed by atoms with E-state index in [0.29, 0.717) is 34.3 Å². The molecule has 0 saturated carbocycles. The average molecular weight is 416 g/mol. The van der Waals surface area contributed by atoms with E-state index in [4.69, 9.17) is 27.9 Å². The summed E-state index contributed by atoms with van der Waals surface area (Å²) >= 11 is 12.5. The number of nitrogens with one attached hydrogen (secondary N) is 1. The first-order valence-electron chi connectivity index (χ1n) is 8.89. The monoisotopic (exact) mass is 415 g/mol. The minimum absolute atomic E-state index is 0.183. The Kier molecular flexibility index (Phi) is 4.96. The molecule has 2 aromatic heterocycles. The van der Waals surface area contributed by atoms with Crippen molar-refractivity contribution in [1.82, 2.24) is 9.55 Å². The van der Waals surface area contributed by atoms with Crippen molar-refractivity contribution < 1.29 is 9.84 Å². The number of benzene rings is 2. The van der Waals surface area contributed by atoms with Gasteiger partial charge in [-0.2, -0.15) is 0 Å². The lowest BCUT2D eigenvalue weighted by Gasteiger charge is -2.13. The van der Waals surface area contributed by atoms with Crippen LogP contribution in [0.1, 0.15) is 12.5 Å². The number of aryl methyl sites for hydroxylation is 1. The SMILES string of the molecule is CCn1cc2nc3ccc(Cl)cc3c(NCc3ccc(OC)c(Cl)c3)c2c1O. The van der Waals surface area contributed by atoms with Crippen molar-refractivity contribution in [3.8, 4) is 11.6 Å². The molecule has 144 valence electrons. The van der Waals surface area contributed by atoms with Crippen LogP contribution in [0, 0.1) is 0 Å². The van der Waals surface area contributed by atoms with Crippen LogP contribution in [0.5, 0.6) is 11.6 Å². The van der Waals surface area contributed by atoms with Crippen molar-refractivity contribution in [3.05, 3.63) is 58.2 Å². The third kappa shape index (κ3) is 3.21. The maximum atomic E-state index is 10.7. The highest BCUT2D eigenvalue weighted by Crippen LogP contribution is 2.39. The van der Waals surface area contributed by atoms with Crippen molar-refractivity contribution in [3.63, 3.8) is 0 Å². The Hall–Kier alpha value is -2.63. The van der Waals surface area contributed by atoms with E-state index >= 15 is 0 Å². The molecular weight excluding hydrogens is 397 g/mol. The lowest BCUT2D eigenvalue weighted by molar-refractivity contribution is 0.415. The predicted octanol–water partition coefficient (Wildman–Crippen LogP) is 5.84. The topological polar surface area (TPSA) is 59.3 Å². The molecule has 7 heteroatoms. The van der Waals surface area contributed by atoms with Gasteiger partial charge in [-0.15, -0.1) is 0 Å². The summed E-state index contributed by atoms with van der Waals surface area (Å²) in [6.07, 6.45) is 1.86. The number of rotatable bonds is 5. The van der Waals surface area contributed by atoms with E-state index in [1.165, 1.54) is 0 Å². The van der Waals surface area contributed by atoms with Gasteiger partial charge in [0.2, 0.25) is 5.88 Å². The molecule has 0 unspecified atom stereocenters. The molecule has 0 aliphatic carbocycles. The van der Waals surface area contributed by atoms with Crippen LogP contribution in [0.25, 0.3) is 21.8 Å². The molecule has 0 saturated heterocycles. The second kappa shape index (κ2) is 7.41. The molecule has 0 aliphatic heterocycles. The highest BCUT2D eigenvalue weighted by atomic mass is 35.5. The van der Waals surface area contributed by atoms with Crippen molar-refractivity contribution in [2.24, 2.45) is 0 Å². The Balaban J connectivity index is 1.84. The summed E-state index contributed by atoms with van der Waals surface area (Å²) in [7, 11) is 1.59. The van der Waals surface area contributed by atoms with E-state index in [-0.39, 0.29) is 5.88 Å². The first-order valence-corrected chi connectivity index (χ1v) is 9.64. The standard InChI is InChI=1S/C21H19Cl2N3O2/c1-3-26-11-17-19(21(26)27)20(14-9-13(22)5-6-16(14)25-17)24-10-12-4-7-18(28-2)15(23)8-12/h4-9,11,24,27H,3,10H2,1-2H3. The second-order valence-electron chi connectivity index (χ2n) is 6.47. The number of hydrogen-bond donors (Lipinski definition) is 2. The number of ether oxygens (including phenoxy) is 1. The van der Waals surface area contributed by atoms with E-state index in [1.54, 1.807) is 11.7 Å². The van der Waals surface area contributed by atoms with Gasteiger partial charge >= 0.3 is 0 Å². The fraction of sp³-hybridized carbons (Fsp3) is 0.190. The normalized spacial score (nSPS) is 11.3. The molecule has 0 bridgehead atoms. The van der Waals surface area contributed by atoms with Gasteiger partial charge in [0.1, 0.15) is 5.75 Å². The minimum atomic E-state index is 0.183. The van der Waals surface area contributed by atoms with Gasteiger partial charge in [-0.3, -0.25) is 0 Å². The lowest BCUT2D eigenvalue weighted by Crippen LogP contribution is -2.02. The average Bonchev–Trinajstić information content (AvgIpc) is 3.01. The van der Waals surface area contributed by atoms with E-state index in [2.05, 4.69) is 10.3 Å². The fourth-order valence-corrected chi connectivity index (χ4v) is 3.81. The predicted molar refractivity (Wildman–Crippen MR) is 115 cm³/mol. The van der Waals surface area contributed by atoms with Crippen molar-refractivity contribution in [2.45, 2.75) is 20.0 Å². The van der Waals surface area contributed by atoms with Crippen molar-refractivity contribution >= 4 is 50.7 Å². The smallest absolute Gasteiger partial charge is 0.202 e. The Morgan fingerprint density at radius 3 is 2.68 bits per heavy atom. The largest absolute Gasteiger partial charge is 0.495 e. The highest BCUT2D eigenvalue weighted by Gasteiger charge is 2.17. The zero-order chi connectivity index (χ0) is 19.8. The molecule has 4 aromatic rings. The number of hydrogen-bond acceptors (Lipinski definition) is 4. The van der Waals surface area contributed by atoms with Gasteiger partial charge in [0.05, 0.1) is 34.2 Å². The second-order valence-corrected chi connectivity index (χ2v) is 7.31. The van der Waals surface area contributed by atoms with Crippen LogP contribution in [0.4, 0.5) is 5.69 Å². The van der Waals surface area contributed by atoms with Gasteiger partial charge < -0.3 is 19.7 Å². The number of methoxy groups -OCH3 is 1. The summed E-state index contributed by atoms with van der Waals surface area (Å²) in [6.45, 7) is 3.13. The maximum absolute atomic E-state index is 10.7. The minimum Gasteiger partial charge on any atom is -0.495 e. The summed E-state index contributed by atoms with van der Waals surface area (Å²) < 4.78 is 6.98. The number of aromatic nitrogens is 2. The van der Waals surface area contributed by atoms with Gasteiger partial charge in [0.25, 0.3) is 0 Å². The van der Waals surface area contributed by atoms with Crippen LogP contribution in [-0.4, -0.2) is 21.8 Å². The molecule has 2 aromatic carbocycles. The molecular formula is C21H19Cl2N3O2. The van der Waals surface area contributed by atoms with Crippen LogP contribution in [0.2, 0.25) is 10.0 Å². The number of aromatic hydroxyl groups is 1. The van der Waals surface area contributed by atoms with E-state index in [9.17, 15) is 5.11 Å². The number of pyridine rings is 1. The fourth-order valence-electron chi connectivity index (χ4n) is 3.36. The molecule has 4 rings (SSSR count).